The van der Waals surface area contributed by atoms with Crippen LogP contribution in [0.25, 0.3) is 11.3 Å². The molecule has 0 aliphatic carbocycles. The van der Waals surface area contributed by atoms with Crippen LogP contribution in [0.15, 0.2) is 48.5 Å². The van der Waals surface area contributed by atoms with Gasteiger partial charge < -0.3 is 9.47 Å². The fraction of sp³-hybridized carbons (Fsp3) is 0.190. The van der Waals surface area contributed by atoms with Crippen molar-refractivity contribution in [2.75, 3.05) is 19.0 Å². The first kappa shape index (κ1) is 19.6. The molecule has 1 amide bonds. The lowest BCUT2D eigenvalue weighted by Gasteiger charge is -2.04. The third-order valence-corrected chi connectivity index (χ3v) is 4.91. The Bertz CT molecular complexity index is 979. The van der Waals surface area contributed by atoms with Crippen molar-refractivity contribution in [1.82, 2.24) is 4.98 Å². The highest BCUT2D eigenvalue weighted by molar-refractivity contribution is 7.16. The number of nitrogens with zero attached hydrogens (tertiary/aromatic N) is 1. The highest BCUT2D eigenvalue weighted by Gasteiger charge is 2.14. The molecule has 0 fully saturated rings. The normalized spacial score (nSPS) is 10.4. The molecule has 1 heterocycles. The summed E-state index contributed by atoms with van der Waals surface area (Å²) in [7, 11) is 1.32. The summed E-state index contributed by atoms with van der Waals surface area (Å²) >= 11 is 1.41. The minimum absolute atomic E-state index is 0.289. The summed E-state index contributed by atoms with van der Waals surface area (Å²) in [4.78, 5) is 29.5. The molecule has 7 heteroatoms. The SMILES string of the molecule is CCOc1ccc(-c2nc(NC(=O)c3ccc(C(=O)OC)cc3)sc2C)cc1. The van der Waals surface area contributed by atoms with Crippen molar-refractivity contribution < 1.29 is 19.1 Å². The van der Waals surface area contributed by atoms with E-state index in [9.17, 15) is 9.59 Å². The Balaban J connectivity index is 1.74. The molecule has 0 bridgehead atoms. The number of nitrogens with one attached hydrogen (secondary N) is 1. The van der Waals surface area contributed by atoms with Gasteiger partial charge in [0.15, 0.2) is 5.13 Å². The fourth-order valence-electron chi connectivity index (χ4n) is 2.64. The molecule has 0 aliphatic heterocycles. The molecule has 2 aromatic carbocycles. The van der Waals surface area contributed by atoms with E-state index in [1.807, 2.05) is 38.1 Å². The smallest absolute Gasteiger partial charge is 0.337 e. The monoisotopic (exact) mass is 396 g/mol. The third kappa shape index (κ3) is 4.37. The highest BCUT2D eigenvalue weighted by Crippen LogP contribution is 2.31. The van der Waals surface area contributed by atoms with Crippen LogP contribution in [0.4, 0.5) is 5.13 Å². The van der Waals surface area contributed by atoms with Crippen LogP contribution in [0.1, 0.15) is 32.5 Å². The predicted octanol–water partition coefficient (Wildman–Crippen LogP) is 4.56. The van der Waals surface area contributed by atoms with Gasteiger partial charge in [0, 0.05) is 16.0 Å². The minimum atomic E-state index is -0.442. The van der Waals surface area contributed by atoms with Crippen molar-refractivity contribution in [2.45, 2.75) is 13.8 Å². The molecule has 0 saturated carbocycles. The number of hydrogen-bond donors (Lipinski definition) is 1. The molecule has 28 heavy (non-hydrogen) atoms. The van der Waals surface area contributed by atoms with E-state index in [-0.39, 0.29) is 5.91 Å². The molecule has 3 rings (SSSR count). The maximum atomic E-state index is 12.5. The van der Waals surface area contributed by atoms with Crippen LogP contribution in [0.2, 0.25) is 0 Å². The predicted molar refractivity (Wildman–Crippen MR) is 109 cm³/mol. The van der Waals surface area contributed by atoms with Crippen molar-refractivity contribution in [3.63, 3.8) is 0 Å². The fourth-order valence-corrected chi connectivity index (χ4v) is 3.47. The molecule has 0 radical (unpaired) electrons. The first-order valence-electron chi connectivity index (χ1n) is 8.72. The lowest BCUT2D eigenvalue weighted by Crippen LogP contribution is -2.12. The van der Waals surface area contributed by atoms with E-state index in [0.29, 0.717) is 22.9 Å². The average molecular weight is 396 g/mol. The van der Waals surface area contributed by atoms with Gasteiger partial charge in [0.2, 0.25) is 0 Å². The minimum Gasteiger partial charge on any atom is -0.494 e. The maximum absolute atomic E-state index is 12.5. The largest absolute Gasteiger partial charge is 0.494 e. The molecule has 0 atom stereocenters. The van der Waals surface area contributed by atoms with Crippen LogP contribution < -0.4 is 10.1 Å². The number of ether oxygens (including phenoxy) is 2. The Morgan fingerprint density at radius 1 is 1.04 bits per heavy atom. The van der Waals surface area contributed by atoms with Crippen LogP contribution in [0.3, 0.4) is 0 Å². The van der Waals surface area contributed by atoms with E-state index >= 15 is 0 Å². The lowest BCUT2D eigenvalue weighted by molar-refractivity contribution is 0.0600. The number of aryl methyl sites for hydroxylation is 1. The Labute approximate surface area is 167 Å². The van der Waals surface area contributed by atoms with Gasteiger partial charge in [-0.2, -0.15) is 0 Å². The van der Waals surface area contributed by atoms with Crippen LogP contribution in [-0.2, 0) is 4.74 Å². The Morgan fingerprint density at radius 3 is 2.29 bits per heavy atom. The van der Waals surface area contributed by atoms with Gasteiger partial charge in [0.25, 0.3) is 5.91 Å². The number of thiazole rings is 1. The molecule has 0 unspecified atom stereocenters. The van der Waals surface area contributed by atoms with Gasteiger partial charge in [-0.3, -0.25) is 10.1 Å². The third-order valence-electron chi connectivity index (χ3n) is 4.02. The molecule has 0 aliphatic rings. The van der Waals surface area contributed by atoms with Gasteiger partial charge in [-0.05, 0) is 62.4 Å². The quantitative estimate of drug-likeness (QED) is 0.618. The topological polar surface area (TPSA) is 77.5 Å². The highest BCUT2D eigenvalue weighted by atomic mass is 32.1. The van der Waals surface area contributed by atoms with Crippen molar-refractivity contribution in [3.8, 4) is 17.0 Å². The van der Waals surface area contributed by atoms with E-state index in [0.717, 1.165) is 21.9 Å². The summed E-state index contributed by atoms with van der Waals surface area (Å²) in [6.07, 6.45) is 0. The zero-order valence-corrected chi connectivity index (χ0v) is 16.6. The number of anilines is 1. The Kier molecular flexibility index (Phi) is 6.06. The number of methoxy groups -OCH3 is 1. The van der Waals surface area contributed by atoms with Crippen LogP contribution in [0.5, 0.6) is 5.75 Å². The average Bonchev–Trinajstić information content (AvgIpc) is 3.08. The van der Waals surface area contributed by atoms with Gasteiger partial charge in [-0.15, -0.1) is 11.3 Å². The maximum Gasteiger partial charge on any atom is 0.337 e. The molecule has 1 aromatic heterocycles. The zero-order valence-electron chi connectivity index (χ0n) is 15.8. The Hall–Kier alpha value is -3.19. The van der Waals surface area contributed by atoms with Gasteiger partial charge in [0.1, 0.15) is 5.75 Å². The first-order valence-corrected chi connectivity index (χ1v) is 9.54. The molecule has 144 valence electrons. The number of carbonyl (C=O) groups excluding carboxylic acids is 2. The summed E-state index contributed by atoms with van der Waals surface area (Å²) in [6, 6.07) is 14.0. The molecular weight excluding hydrogens is 376 g/mol. The molecule has 1 N–H and O–H groups in total. The molecule has 0 spiro atoms. The van der Waals surface area contributed by atoms with Gasteiger partial charge in [-0.1, -0.05) is 0 Å². The van der Waals surface area contributed by atoms with Gasteiger partial charge in [0.05, 0.1) is 25.0 Å². The number of esters is 1. The summed E-state index contributed by atoms with van der Waals surface area (Å²) in [5.74, 6) is 0.0778. The Morgan fingerprint density at radius 2 is 1.68 bits per heavy atom. The number of amides is 1. The van der Waals surface area contributed by atoms with E-state index in [4.69, 9.17) is 4.74 Å². The second-order valence-electron chi connectivity index (χ2n) is 5.90. The molecule has 3 aromatic rings. The van der Waals surface area contributed by atoms with Crippen molar-refractivity contribution >= 4 is 28.3 Å². The number of benzene rings is 2. The second-order valence-corrected chi connectivity index (χ2v) is 7.11. The van der Waals surface area contributed by atoms with E-state index < -0.39 is 5.97 Å². The number of hydrogen-bond acceptors (Lipinski definition) is 6. The summed E-state index contributed by atoms with van der Waals surface area (Å²) in [5, 5.41) is 3.33. The summed E-state index contributed by atoms with van der Waals surface area (Å²) in [6.45, 7) is 4.52. The van der Waals surface area contributed by atoms with E-state index in [1.54, 1.807) is 24.3 Å². The van der Waals surface area contributed by atoms with Crippen LogP contribution >= 0.6 is 11.3 Å². The summed E-state index contributed by atoms with van der Waals surface area (Å²) in [5.41, 5.74) is 2.61. The second kappa shape index (κ2) is 8.67. The lowest BCUT2D eigenvalue weighted by atomic mass is 10.1. The van der Waals surface area contributed by atoms with Crippen molar-refractivity contribution in [2.24, 2.45) is 0 Å². The molecular formula is C21H20N2O4S. The molecule has 6 nitrogen and oxygen atoms in total. The zero-order chi connectivity index (χ0) is 20.1. The molecule has 0 saturated heterocycles. The van der Waals surface area contributed by atoms with Crippen LogP contribution in [-0.4, -0.2) is 30.6 Å². The van der Waals surface area contributed by atoms with Crippen molar-refractivity contribution in [3.05, 3.63) is 64.5 Å². The standard InChI is InChI=1S/C21H20N2O4S/c1-4-27-17-11-9-14(10-12-17)18-13(2)28-21(22-18)23-19(24)15-5-7-16(8-6-15)20(25)26-3/h5-12H,4H2,1-3H3,(H,22,23,24). The number of carbonyl (C=O) groups is 2. The van der Waals surface area contributed by atoms with Gasteiger partial charge in [-0.25, -0.2) is 9.78 Å². The van der Waals surface area contributed by atoms with Gasteiger partial charge >= 0.3 is 5.97 Å². The first-order chi connectivity index (χ1) is 13.5. The van der Waals surface area contributed by atoms with Crippen LogP contribution in [0, 0.1) is 6.92 Å². The number of rotatable bonds is 6. The van der Waals surface area contributed by atoms with E-state index in [1.165, 1.54) is 18.4 Å². The summed E-state index contributed by atoms with van der Waals surface area (Å²) < 4.78 is 10.1. The van der Waals surface area contributed by atoms with Crippen molar-refractivity contribution in [1.29, 1.82) is 0 Å². The number of aromatic nitrogens is 1. The van der Waals surface area contributed by atoms with E-state index in [2.05, 4.69) is 15.0 Å².